The maximum atomic E-state index is 13.1. The molecule has 11 heteroatoms. The highest BCUT2D eigenvalue weighted by Gasteiger charge is 2.44. The van der Waals surface area contributed by atoms with E-state index in [-0.39, 0.29) is 70.5 Å². The average molecular weight is 590 g/mol. The van der Waals surface area contributed by atoms with Crippen molar-refractivity contribution in [1.29, 1.82) is 0 Å². The molecule has 232 valence electrons. The van der Waals surface area contributed by atoms with Gasteiger partial charge in [-0.15, -0.1) is 0 Å². The van der Waals surface area contributed by atoms with Gasteiger partial charge in [-0.3, -0.25) is 14.4 Å². The number of Topliss-reactive ketones (excluding diaryl/α,β-unsaturated/α-hetero) is 1. The third-order valence-electron chi connectivity index (χ3n) is 7.51. The predicted molar refractivity (Wildman–Crippen MR) is 155 cm³/mol. The van der Waals surface area contributed by atoms with E-state index in [1.165, 1.54) is 26.2 Å². The monoisotopic (exact) mass is 589 g/mol. The Morgan fingerprint density at radius 3 is 2.12 bits per heavy atom. The standard InChI is InChI=1S/C21H18O7.C6H13NO3.2C2H6/c1-9(22)21(27)7-6-10-12(8-21)19(25)15-16(17(10)23)20(26)14-11(18(15)24)4-3-5-13(14)28-2;1-3-6(9)4(7)2-5(8)10-3;2*1-2/h3-5,23,25,27H,6-8H2,1-2H3;3-6,8-9H,2,7H2,1H3;2*1-2H3/t21-;;;/m1.../s1. The van der Waals surface area contributed by atoms with Crippen molar-refractivity contribution in [2.24, 2.45) is 5.73 Å². The molecular weight excluding hydrogens is 546 g/mol. The Labute approximate surface area is 245 Å². The number of methoxy groups -OCH3 is 1. The van der Waals surface area contributed by atoms with Gasteiger partial charge >= 0.3 is 0 Å². The molecular formula is C31H43NO10. The van der Waals surface area contributed by atoms with E-state index in [2.05, 4.69) is 0 Å². The molecule has 4 unspecified atom stereocenters. The maximum Gasteiger partial charge on any atom is 0.202 e. The van der Waals surface area contributed by atoms with Crippen molar-refractivity contribution in [3.63, 3.8) is 0 Å². The van der Waals surface area contributed by atoms with Crippen LogP contribution < -0.4 is 10.5 Å². The first-order chi connectivity index (χ1) is 19.8. The second kappa shape index (κ2) is 14.2. The van der Waals surface area contributed by atoms with E-state index in [4.69, 9.17) is 20.3 Å². The molecule has 0 spiro atoms. The van der Waals surface area contributed by atoms with Gasteiger partial charge in [0.1, 0.15) is 22.8 Å². The zero-order valence-corrected chi connectivity index (χ0v) is 25.2. The number of aliphatic hydroxyl groups excluding tert-OH is 2. The number of fused-ring (bicyclic) bond motifs is 3. The van der Waals surface area contributed by atoms with E-state index in [0.717, 1.165) is 0 Å². The highest BCUT2D eigenvalue weighted by molar-refractivity contribution is 6.31. The molecule has 1 saturated heterocycles. The molecule has 1 aliphatic heterocycles. The summed E-state index contributed by atoms with van der Waals surface area (Å²) in [5, 5.41) is 50.3. The molecule has 2 aliphatic carbocycles. The molecule has 3 aliphatic rings. The Hall–Kier alpha value is -3.35. The quantitative estimate of drug-likeness (QED) is 0.240. The average Bonchev–Trinajstić information content (AvgIpc) is 2.98. The van der Waals surface area contributed by atoms with Gasteiger partial charge < -0.3 is 40.7 Å². The lowest BCUT2D eigenvalue weighted by molar-refractivity contribution is -0.198. The smallest absolute Gasteiger partial charge is 0.202 e. The van der Waals surface area contributed by atoms with Crippen LogP contribution in [0, 0.1) is 0 Å². The Morgan fingerprint density at radius 1 is 1.00 bits per heavy atom. The van der Waals surface area contributed by atoms with Crippen LogP contribution in [0.2, 0.25) is 0 Å². The van der Waals surface area contributed by atoms with Crippen molar-refractivity contribution in [2.45, 2.75) is 97.4 Å². The number of phenolic OH excluding ortho intramolecular Hbond substituents is 2. The van der Waals surface area contributed by atoms with E-state index in [1.54, 1.807) is 13.0 Å². The van der Waals surface area contributed by atoms with Crippen LogP contribution >= 0.6 is 0 Å². The molecule has 11 nitrogen and oxygen atoms in total. The van der Waals surface area contributed by atoms with Gasteiger partial charge in [0.15, 0.2) is 17.9 Å². The molecule has 7 N–H and O–H groups in total. The topological polar surface area (TPSA) is 197 Å². The number of aromatic hydroxyl groups is 2. The van der Waals surface area contributed by atoms with Crippen LogP contribution in [0.5, 0.6) is 17.2 Å². The number of aliphatic hydroxyl groups is 3. The summed E-state index contributed by atoms with van der Waals surface area (Å²) in [4.78, 5) is 38.0. The summed E-state index contributed by atoms with van der Waals surface area (Å²) in [7, 11) is 1.37. The van der Waals surface area contributed by atoms with Crippen LogP contribution in [0.1, 0.15) is 97.4 Å². The van der Waals surface area contributed by atoms with Crippen LogP contribution in [0.3, 0.4) is 0 Å². The zero-order valence-electron chi connectivity index (χ0n) is 25.2. The molecule has 42 heavy (non-hydrogen) atoms. The maximum absolute atomic E-state index is 13.1. The van der Waals surface area contributed by atoms with Gasteiger partial charge in [0, 0.05) is 35.6 Å². The molecule has 0 radical (unpaired) electrons. The lowest BCUT2D eigenvalue weighted by atomic mass is 9.73. The van der Waals surface area contributed by atoms with E-state index in [0.29, 0.717) is 6.42 Å². The first-order valence-corrected chi connectivity index (χ1v) is 14.2. The minimum absolute atomic E-state index is 0.0354. The van der Waals surface area contributed by atoms with Crippen molar-refractivity contribution in [2.75, 3.05) is 7.11 Å². The van der Waals surface area contributed by atoms with E-state index >= 15 is 0 Å². The summed E-state index contributed by atoms with van der Waals surface area (Å²) in [5.41, 5.74) is 3.68. The highest BCUT2D eigenvalue weighted by Crippen LogP contribution is 2.48. The Kier molecular flexibility index (Phi) is 11.8. The lowest BCUT2D eigenvalue weighted by Crippen LogP contribution is -2.51. The Balaban J connectivity index is 0.000000369. The fourth-order valence-electron chi connectivity index (χ4n) is 5.23. The van der Waals surface area contributed by atoms with Gasteiger partial charge in [-0.25, -0.2) is 0 Å². The SMILES string of the molecule is CC.CC.CC1OC(O)CC(N)C1O.COc1cccc2c1C(=O)c1c(O)c3c(c(O)c1C2=O)C[C@@](O)(C(C)=O)CC3. The molecule has 0 aromatic heterocycles. The normalized spacial score (nSPS) is 25.5. The summed E-state index contributed by atoms with van der Waals surface area (Å²) < 4.78 is 10.1. The van der Waals surface area contributed by atoms with E-state index < -0.39 is 46.8 Å². The number of ether oxygens (including phenoxy) is 2. The Bertz CT molecular complexity index is 1310. The third-order valence-corrected chi connectivity index (χ3v) is 7.51. The van der Waals surface area contributed by atoms with Crippen LogP contribution in [0.15, 0.2) is 18.2 Å². The van der Waals surface area contributed by atoms with Crippen LogP contribution in [0.25, 0.3) is 0 Å². The first-order valence-electron chi connectivity index (χ1n) is 14.2. The Morgan fingerprint density at radius 2 is 1.57 bits per heavy atom. The number of rotatable bonds is 2. The fourth-order valence-corrected chi connectivity index (χ4v) is 5.23. The number of ketones is 3. The highest BCUT2D eigenvalue weighted by atomic mass is 16.6. The van der Waals surface area contributed by atoms with Gasteiger partial charge in [-0.05, 0) is 32.8 Å². The van der Waals surface area contributed by atoms with E-state index in [9.17, 15) is 34.8 Å². The molecule has 5 atom stereocenters. The number of carbonyl (C=O) groups is 3. The number of benzene rings is 2. The largest absolute Gasteiger partial charge is 0.507 e. The summed E-state index contributed by atoms with van der Waals surface area (Å²) in [6.45, 7) is 10.9. The zero-order chi connectivity index (χ0) is 32.1. The lowest BCUT2D eigenvalue weighted by Gasteiger charge is -2.34. The van der Waals surface area contributed by atoms with Crippen molar-refractivity contribution in [3.8, 4) is 17.2 Å². The van der Waals surface area contributed by atoms with Crippen LogP contribution in [-0.4, -0.2) is 80.1 Å². The number of phenols is 2. The van der Waals surface area contributed by atoms with Crippen molar-refractivity contribution >= 4 is 17.3 Å². The van der Waals surface area contributed by atoms with Gasteiger partial charge in [0.2, 0.25) is 5.78 Å². The second-order valence-electron chi connectivity index (χ2n) is 9.90. The van der Waals surface area contributed by atoms with Gasteiger partial charge in [0.25, 0.3) is 0 Å². The second-order valence-corrected chi connectivity index (χ2v) is 9.90. The molecule has 0 amide bonds. The van der Waals surface area contributed by atoms with Gasteiger partial charge in [0.05, 0.1) is 36.0 Å². The minimum Gasteiger partial charge on any atom is -0.507 e. The van der Waals surface area contributed by atoms with Crippen molar-refractivity contribution < 1.29 is 49.4 Å². The van der Waals surface area contributed by atoms with Gasteiger partial charge in [-0.2, -0.15) is 0 Å². The van der Waals surface area contributed by atoms with E-state index in [1.807, 2.05) is 27.7 Å². The number of carbonyl (C=O) groups excluding carboxylic acids is 3. The summed E-state index contributed by atoms with van der Waals surface area (Å²) in [5.74, 6) is -2.39. The molecule has 2 aromatic carbocycles. The minimum atomic E-state index is -1.69. The molecule has 1 fully saturated rings. The summed E-state index contributed by atoms with van der Waals surface area (Å²) >= 11 is 0. The van der Waals surface area contributed by atoms with Gasteiger partial charge in [-0.1, -0.05) is 39.8 Å². The fraction of sp³-hybridized carbons (Fsp3) is 0.516. The van der Waals surface area contributed by atoms with Crippen LogP contribution in [-0.2, 0) is 22.4 Å². The molecule has 0 saturated carbocycles. The van der Waals surface area contributed by atoms with Crippen molar-refractivity contribution in [3.05, 3.63) is 51.6 Å². The number of nitrogens with two attached hydrogens (primary N) is 1. The predicted octanol–water partition coefficient (Wildman–Crippen LogP) is 2.54. The number of hydrogen-bond acceptors (Lipinski definition) is 11. The number of hydrogen-bond donors (Lipinski definition) is 6. The van der Waals surface area contributed by atoms with Crippen molar-refractivity contribution in [1.82, 2.24) is 0 Å². The van der Waals surface area contributed by atoms with Crippen LogP contribution in [0.4, 0.5) is 0 Å². The molecule has 5 rings (SSSR count). The summed E-state index contributed by atoms with van der Waals surface area (Å²) in [6.07, 6.45) is -1.63. The first kappa shape index (κ1) is 34.8. The third kappa shape index (κ3) is 6.35. The summed E-state index contributed by atoms with van der Waals surface area (Å²) in [6, 6.07) is 4.18. The molecule has 2 aromatic rings. The molecule has 0 bridgehead atoms. The molecule has 1 heterocycles.